The van der Waals surface area contributed by atoms with Gasteiger partial charge in [0.2, 0.25) is 5.91 Å². The van der Waals surface area contributed by atoms with E-state index in [9.17, 15) is 4.79 Å². The van der Waals surface area contributed by atoms with Gasteiger partial charge in [-0.3, -0.25) is 4.79 Å². The van der Waals surface area contributed by atoms with Crippen LogP contribution in [0.25, 0.3) is 0 Å². The zero-order valence-electron chi connectivity index (χ0n) is 11.7. The fourth-order valence-electron chi connectivity index (χ4n) is 2.25. The summed E-state index contributed by atoms with van der Waals surface area (Å²) in [6, 6.07) is 7.66. The summed E-state index contributed by atoms with van der Waals surface area (Å²) in [5.74, 6) is -0.00945. The normalized spacial score (nSPS) is 19.8. The number of nitrogens with one attached hydrogen (secondary N) is 2. The first kappa shape index (κ1) is 15.3. The van der Waals surface area contributed by atoms with Gasteiger partial charge < -0.3 is 15.4 Å². The van der Waals surface area contributed by atoms with Gasteiger partial charge in [0.25, 0.3) is 0 Å². The fourth-order valence-corrected chi connectivity index (χ4v) is 2.37. The molecule has 1 aliphatic heterocycles. The first-order valence-corrected chi connectivity index (χ1v) is 7.39. The summed E-state index contributed by atoms with van der Waals surface area (Å²) in [4.78, 5) is 11.8. The fraction of sp³-hybridized carbons (Fsp3) is 0.533. The lowest BCUT2D eigenvalue weighted by atomic mass is 10.1. The Bertz CT molecular complexity index is 430. The molecule has 1 saturated heterocycles. The third-order valence-electron chi connectivity index (χ3n) is 3.51. The van der Waals surface area contributed by atoms with Gasteiger partial charge in [0.05, 0.1) is 12.6 Å². The second-order valence-electron chi connectivity index (χ2n) is 5.12. The van der Waals surface area contributed by atoms with Gasteiger partial charge in [0.1, 0.15) is 0 Å². The third-order valence-corrected chi connectivity index (χ3v) is 3.76. The molecule has 1 aliphatic rings. The number of ether oxygens (including phenoxy) is 1. The van der Waals surface area contributed by atoms with Crippen molar-refractivity contribution in [2.45, 2.75) is 38.5 Å². The van der Waals surface area contributed by atoms with Crippen molar-refractivity contribution in [2.24, 2.45) is 0 Å². The number of hydrogen-bond donors (Lipinski definition) is 2. The van der Waals surface area contributed by atoms with E-state index in [4.69, 9.17) is 16.3 Å². The van der Waals surface area contributed by atoms with Crippen LogP contribution >= 0.6 is 11.6 Å². The van der Waals surface area contributed by atoms with Gasteiger partial charge in [0.15, 0.2) is 0 Å². The summed E-state index contributed by atoms with van der Waals surface area (Å²) in [6.45, 7) is 3.72. The molecule has 1 aromatic carbocycles. The lowest BCUT2D eigenvalue weighted by Crippen LogP contribution is -2.42. The molecule has 5 heteroatoms. The third kappa shape index (κ3) is 4.78. The van der Waals surface area contributed by atoms with Crippen LogP contribution in [0.2, 0.25) is 5.02 Å². The summed E-state index contributed by atoms with van der Waals surface area (Å²) in [7, 11) is 0. The van der Waals surface area contributed by atoms with Gasteiger partial charge in [0, 0.05) is 24.2 Å². The monoisotopic (exact) mass is 296 g/mol. The maximum atomic E-state index is 11.8. The standard InChI is InChI=1S/C15H21ClN2O2/c1-11(14-3-2-8-20-14)17-10-15(19)18-9-12-4-6-13(16)7-5-12/h4-7,11,14,17H,2-3,8-10H2,1H3,(H,18,19)/t11-,14-/m1/s1. The van der Waals surface area contributed by atoms with Crippen LogP contribution in [0.1, 0.15) is 25.3 Å². The average Bonchev–Trinajstić information content (AvgIpc) is 2.98. The molecule has 1 heterocycles. The summed E-state index contributed by atoms with van der Waals surface area (Å²) in [5, 5.41) is 6.79. The second kappa shape index (κ2) is 7.62. The summed E-state index contributed by atoms with van der Waals surface area (Å²) in [6.07, 6.45) is 2.42. The minimum Gasteiger partial charge on any atom is -0.377 e. The van der Waals surface area contributed by atoms with Crippen LogP contribution in [0.15, 0.2) is 24.3 Å². The smallest absolute Gasteiger partial charge is 0.234 e. The number of halogens is 1. The van der Waals surface area contributed by atoms with Crippen molar-refractivity contribution in [3.63, 3.8) is 0 Å². The van der Waals surface area contributed by atoms with Crippen molar-refractivity contribution in [1.29, 1.82) is 0 Å². The number of benzene rings is 1. The Morgan fingerprint density at radius 2 is 2.20 bits per heavy atom. The molecule has 20 heavy (non-hydrogen) atoms. The predicted molar refractivity (Wildman–Crippen MR) is 79.7 cm³/mol. The molecule has 0 saturated carbocycles. The minimum absolute atomic E-state index is 0.00945. The van der Waals surface area contributed by atoms with Crippen LogP contribution < -0.4 is 10.6 Å². The SMILES string of the molecule is C[C@@H](NCC(=O)NCc1ccc(Cl)cc1)[C@H]1CCCO1. The molecule has 0 radical (unpaired) electrons. The Labute approximate surface area is 124 Å². The summed E-state index contributed by atoms with van der Waals surface area (Å²) < 4.78 is 5.58. The van der Waals surface area contributed by atoms with Crippen LogP contribution in [0.4, 0.5) is 0 Å². The molecule has 1 fully saturated rings. The van der Waals surface area contributed by atoms with E-state index in [0.717, 1.165) is 25.0 Å². The van der Waals surface area contributed by atoms with E-state index in [0.29, 0.717) is 18.1 Å². The average molecular weight is 297 g/mol. The Kier molecular flexibility index (Phi) is 5.83. The van der Waals surface area contributed by atoms with Crippen LogP contribution in [-0.2, 0) is 16.1 Å². The van der Waals surface area contributed by atoms with Crippen molar-refractivity contribution in [1.82, 2.24) is 10.6 Å². The molecule has 2 N–H and O–H groups in total. The van der Waals surface area contributed by atoms with Gasteiger partial charge in [-0.05, 0) is 37.5 Å². The van der Waals surface area contributed by atoms with Crippen molar-refractivity contribution >= 4 is 17.5 Å². The van der Waals surface area contributed by atoms with E-state index in [1.54, 1.807) is 0 Å². The zero-order chi connectivity index (χ0) is 14.4. The molecule has 0 bridgehead atoms. The van der Waals surface area contributed by atoms with Gasteiger partial charge in [-0.1, -0.05) is 23.7 Å². The molecular formula is C15H21ClN2O2. The highest BCUT2D eigenvalue weighted by molar-refractivity contribution is 6.30. The Morgan fingerprint density at radius 3 is 2.85 bits per heavy atom. The highest BCUT2D eigenvalue weighted by Gasteiger charge is 2.22. The number of amides is 1. The maximum absolute atomic E-state index is 11.8. The number of carbonyl (C=O) groups is 1. The first-order valence-electron chi connectivity index (χ1n) is 7.01. The van der Waals surface area contributed by atoms with E-state index < -0.39 is 0 Å². The maximum Gasteiger partial charge on any atom is 0.234 e. The van der Waals surface area contributed by atoms with Crippen LogP contribution in [0, 0.1) is 0 Å². The molecule has 1 aromatic rings. The molecule has 0 spiro atoms. The molecule has 1 amide bonds. The minimum atomic E-state index is -0.00945. The van der Waals surface area contributed by atoms with Gasteiger partial charge >= 0.3 is 0 Å². The Balaban J connectivity index is 1.66. The lowest BCUT2D eigenvalue weighted by Gasteiger charge is -2.19. The van der Waals surface area contributed by atoms with Crippen LogP contribution in [-0.4, -0.2) is 31.2 Å². The molecule has 110 valence electrons. The van der Waals surface area contributed by atoms with Crippen molar-refractivity contribution in [2.75, 3.05) is 13.2 Å². The highest BCUT2D eigenvalue weighted by atomic mass is 35.5. The van der Waals surface area contributed by atoms with E-state index in [1.165, 1.54) is 0 Å². The first-order chi connectivity index (χ1) is 9.65. The number of rotatable bonds is 6. The van der Waals surface area contributed by atoms with E-state index in [2.05, 4.69) is 17.6 Å². The van der Waals surface area contributed by atoms with Crippen LogP contribution in [0.3, 0.4) is 0 Å². The Hall–Kier alpha value is -1.10. The van der Waals surface area contributed by atoms with E-state index in [-0.39, 0.29) is 18.1 Å². The molecular weight excluding hydrogens is 276 g/mol. The van der Waals surface area contributed by atoms with Crippen molar-refractivity contribution < 1.29 is 9.53 Å². The van der Waals surface area contributed by atoms with Crippen LogP contribution in [0.5, 0.6) is 0 Å². The zero-order valence-corrected chi connectivity index (χ0v) is 12.5. The van der Waals surface area contributed by atoms with Crippen molar-refractivity contribution in [3.05, 3.63) is 34.9 Å². The van der Waals surface area contributed by atoms with Gasteiger partial charge in [-0.15, -0.1) is 0 Å². The highest BCUT2D eigenvalue weighted by Crippen LogP contribution is 2.15. The topological polar surface area (TPSA) is 50.4 Å². The molecule has 2 atom stereocenters. The summed E-state index contributed by atoms with van der Waals surface area (Å²) in [5.41, 5.74) is 1.04. The van der Waals surface area contributed by atoms with E-state index >= 15 is 0 Å². The predicted octanol–water partition coefficient (Wildman–Crippen LogP) is 2.11. The largest absolute Gasteiger partial charge is 0.377 e. The number of carbonyl (C=O) groups excluding carboxylic acids is 1. The lowest BCUT2D eigenvalue weighted by molar-refractivity contribution is -0.120. The molecule has 0 aliphatic carbocycles. The molecule has 0 aromatic heterocycles. The van der Waals surface area contributed by atoms with Gasteiger partial charge in [-0.25, -0.2) is 0 Å². The van der Waals surface area contributed by atoms with Crippen molar-refractivity contribution in [3.8, 4) is 0 Å². The molecule has 0 unspecified atom stereocenters. The number of hydrogen-bond acceptors (Lipinski definition) is 3. The Morgan fingerprint density at radius 1 is 1.45 bits per heavy atom. The van der Waals surface area contributed by atoms with E-state index in [1.807, 2.05) is 24.3 Å². The molecule has 2 rings (SSSR count). The quantitative estimate of drug-likeness (QED) is 0.845. The second-order valence-corrected chi connectivity index (χ2v) is 5.56. The molecule has 4 nitrogen and oxygen atoms in total. The van der Waals surface area contributed by atoms with Gasteiger partial charge in [-0.2, -0.15) is 0 Å². The summed E-state index contributed by atoms with van der Waals surface area (Å²) >= 11 is 5.81.